The lowest BCUT2D eigenvalue weighted by Gasteiger charge is -2.22. The van der Waals surface area contributed by atoms with Crippen LogP contribution in [0.4, 0.5) is 0 Å². The quantitative estimate of drug-likeness (QED) is 0.458. The summed E-state index contributed by atoms with van der Waals surface area (Å²) in [5.74, 6) is -0.105. The first-order chi connectivity index (χ1) is 8.69. The Morgan fingerprint density at radius 1 is 1.28 bits per heavy atom. The summed E-state index contributed by atoms with van der Waals surface area (Å²) in [6, 6.07) is 0. The molecule has 0 heterocycles. The van der Waals surface area contributed by atoms with Crippen molar-refractivity contribution in [2.75, 3.05) is 40.0 Å². The smallest absolute Gasteiger partial charge is 0.307 e. The summed E-state index contributed by atoms with van der Waals surface area (Å²) in [5.41, 5.74) is 0. The van der Waals surface area contributed by atoms with Crippen LogP contribution < -0.4 is 0 Å². The van der Waals surface area contributed by atoms with E-state index in [2.05, 4.69) is 4.74 Å². The molecule has 6 heteroatoms. The molecule has 0 unspecified atom stereocenters. The molecule has 0 spiro atoms. The molecule has 1 rings (SSSR count). The fraction of sp³-hybridized carbons (Fsp3) is 0.833. The maximum Gasteiger partial charge on any atom is 0.307 e. The molecule has 1 amide bonds. The Kier molecular flexibility index (Phi) is 6.67. The van der Waals surface area contributed by atoms with Crippen molar-refractivity contribution in [1.29, 1.82) is 0 Å². The molecule has 0 saturated heterocycles. The summed E-state index contributed by atoms with van der Waals surface area (Å²) >= 11 is 0. The van der Waals surface area contributed by atoms with Gasteiger partial charge in [-0.1, -0.05) is 0 Å². The van der Waals surface area contributed by atoms with E-state index in [0.29, 0.717) is 19.7 Å². The molecule has 1 aliphatic rings. The average Bonchev–Trinajstić information content (AvgIpc) is 3.21. The van der Waals surface area contributed by atoms with Gasteiger partial charge in [0.25, 0.3) is 0 Å². The topological polar surface area (TPSA) is 76.1 Å². The molecule has 18 heavy (non-hydrogen) atoms. The molecule has 0 aromatic heterocycles. The van der Waals surface area contributed by atoms with Crippen LogP contribution in [-0.2, 0) is 19.1 Å². The van der Waals surface area contributed by atoms with E-state index >= 15 is 0 Å². The van der Waals surface area contributed by atoms with E-state index in [0.717, 1.165) is 12.8 Å². The van der Waals surface area contributed by atoms with Crippen LogP contribution in [0.5, 0.6) is 0 Å². The minimum atomic E-state index is -0.320. The Hall–Kier alpha value is -1.14. The summed E-state index contributed by atoms with van der Waals surface area (Å²) in [7, 11) is 1.33. The van der Waals surface area contributed by atoms with Crippen molar-refractivity contribution >= 4 is 11.9 Å². The predicted octanol–water partition coefficient (Wildman–Crippen LogP) is -0.203. The highest BCUT2D eigenvalue weighted by atomic mass is 16.5. The van der Waals surface area contributed by atoms with Gasteiger partial charge in [-0.25, -0.2) is 0 Å². The van der Waals surface area contributed by atoms with E-state index in [1.807, 2.05) is 0 Å². The number of amides is 1. The van der Waals surface area contributed by atoms with Crippen molar-refractivity contribution in [1.82, 2.24) is 4.90 Å². The second-order valence-electron chi connectivity index (χ2n) is 4.26. The molecule has 1 saturated carbocycles. The molecule has 0 aliphatic heterocycles. The van der Waals surface area contributed by atoms with Crippen molar-refractivity contribution in [3.8, 4) is 0 Å². The number of nitrogens with zero attached hydrogens (tertiary/aromatic N) is 1. The number of carbonyl (C=O) groups excluding carboxylic acids is 2. The van der Waals surface area contributed by atoms with E-state index < -0.39 is 0 Å². The highest BCUT2D eigenvalue weighted by Gasteiger charge is 2.33. The van der Waals surface area contributed by atoms with Crippen molar-refractivity contribution in [3.05, 3.63) is 0 Å². The third kappa shape index (κ3) is 5.46. The first-order valence-electron chi connectivity index (χ1n) is 6.23. The van der Waals surface area contributed by atoms with E-state index in [-0.39, 0.29) is 37.4 Å². The van der Waals surface area contributed by atoms with Gasteiger partial charge >= 0.3 is 5.97 Å². The second kappa shape index (κ2) is 8.05. The van der Waals surface area contributed by atoms with Gasteiger partial charge in [-0.05, 0) is 12.8 Å². The molecule has 1 fully saturated rings. The Morgan fingerprint density at radius 2 is 2.00 bits per heavy atom. The highest BCUT2D eigenvalue weighted by Crippen LogP contribution is 2.30. The highest BCUT2D eigenvalue weighted by molar-refractivity contribution is 5.81. The molecule has 0 aromatic carbocycles. The maximum atomic E-state index is 11.9. The van der Waals surface area contributed by atoms with E-state index in [1.54, 1.807) is 4.90 Å². The third-order valence-electron chi connectivity index (χ3n) is 2.79. The monoisotopic (exact) mass is 259 g/mol. The van der Waals surface area contributed by atoms with E-state index in [4.69, 9.17) is 9.84 Å². The van der Waals surface area contributed by atoms with Crippen LogP contribution in [-0.4, -0.2) is 61.9 Å². The zero-order chi connectivity index (χ0) is 13.4. The zero-order valence-electron chi connectivity index (χ0n) is 10.8. The molecule has 6 nitrogen and oxygen atoms in total. The third-order valence-corrected chi connectivity index (χ3v) is 2.79. The van der Waals surface area contributed by atoms with Crippen LogP contribution in [0.3, 0.4) is 0 Å². The summed E-state index contributed by atoms with van der Waals surface area (Å²) in [4.78, 5) is 24.7. The van der Waals surface area contributed by atoms with Gasteiger partial charge in [0, 0.05) is 19.0 Å². The van der Waals surface area contributed by atoms with Gasteiger partial charge in [-0.2, -0.15) is 0 Å². The van der Waals surface area contributed by atoms with Gasteiger partial charge in [0.2, 0.25) is 5.91 Å². The molecule has 0 atom stereocenters. The fourth-order valence-corrected chi connectivity index (χ4v) is 1.59. The first-order valence-corrected chi connectivity index (χ1v) is 6.23. The average molecular weight is 259 g/mol. The number of hydrogen-bond acceptors (Lipinski definition) is 5. The molecule has 1 aliphatic carbocycles. The summed E-state index contributed by atoms with van der Waals surface area (Å²) < 4.78 is 9.69. The van der Waals surface area contributed by atoms with Crippen molar-refractivity contribution < 1.29 is 24.2 Å². The summed E-state index contributed by atoms with van der Waals surface area (Å²) in [6.07, 6.45) is 2.07. The van der Waals surface area contributed by atoms with Crippen LogP contribution in [0.2, 0.25) is 0 Å². The van der Waals surface area contributed by atoms with Gasteiger partial charge in [0.15, 0.2) is 0 Å². The molecule has 104 valence electrons. The van der Waals surface area contributed by atoms with Crippen molar-refractivity contribution in [2.45, 2.75) is 19.3 Å². The molecular formula is C12H21NO5. The number of rotatable bonds is 9. The molecular weight excluding hydrogens is 238 g/mol. The zero-order valence-corrected chi connectivity index (χ0v) is 10.8. The minimum Gasteiger partial charge on any atom is -0.469 e. The molecule has 0 bridgehead atoms. The lowest BCUT2D eigenvalue weighted by atomic mass is 10.3. The van der Waals surface area contributed by atoms with Gasteiger partial charge in [0.05, 0.1) is 33.4 Å². The number of ether oxygens (including phenoxy) is 2. The lowest BCUT2D eigenvalue weighted by molar-refractivity contribution is -0.142. The SMILES string of the molecule is COC(=O)CCN(CCOCCO)C(=O)C1CC1. The molecule has 0 radical (unpaired) electrons. The normalized spacial score (nSPS) is 14.3. The van der Waals surface area contributed by atoms with Gasteiger partial charge < -0.3 is 19.5 Å². The Balaban J connectivity index is 2.31. The van der Waals surface area contributed by atoms with Crippen LogP contribution in [0, 0.1) is 5.92 Å². The maximum absolute atomic E-state index is 11.9. The lowest BCUT2D eigenvalue weighted by Crippen LogP contribution is -2.37. The number of esters is 1. The predicted molar refractivity (Wildman–Crippen MR) is 63.8 cm³/mol. The van der Waals surface area contributed by atoms with Crippen LogP contribution in [0.15, 0.2) is 0 Å². The standard InChI is InChI=1S/C12H21NO5/c1-17-11(15)4-5-13(6-8-18-9-7-14)12(16)10-2-3-10/h10,14H,2-9H2,1H3. The Morgan fingerprint density at radius 3 is 2.56 bits per heavy atom. The summed E-state index contributed by atoms with van der Waals surface area (Å²) in [6.45, 7) is 1.43. The molecule has 1 N–H and O–H groups in total. The Labute approximate surface area is 107 Å². The van der Waals surface area contributed by atoms with Crippen molar-refractivity contribution in [2.24, 2.45) is 5.92 Å². The van der Waals surface area contributed by atoms with E-state index in [9.17, 15) is 9.59 Å². The van der Waals surface area contributed by atoms with Crippen LogP contribution in [0.1, 0.15) is 19.3 Å². The van der Waals surface area contributed by atoms with E-state index in [1.165, 1.54) is 7.11 Å². The number of aliphatic hydroxyl groups is 1. The van der Waals surface area contributed by atoms with Crippen LogP contribution in [0.25, 0.3) is 0 Å². The minimum absolute atomic E-state index is 0.0290. The molecule has 0 aromatic rings. The first kappa shape index (κ1) is 14.9. The number of carbonyl (C=O) groups is 2. The number of methoxy groups -OCH3 is 1. The van der Waals surface area contributed by atoms with Crippen molar-refractivity contribution in [3.63, 3.8) is 0 Å². The summed E-state index contributed by atoms with van der Waals surface area (Å²) in [5, 5.41) is 8.58. The van der Waals surface area contributed by atoms with Gasteiger partial charge in [-0.15, -0.1) is 0 Å². The largest absolute Gasteiger partial charge is 0.469 e. The van der Waals surface area contributed by atoms with Crippen LogP contribution >= 0.6 is 0 Å². The number of hydrogen-bond donors (Lipinski definition) is 1. The second-order valence-corrected chi connectivity index (χ2v) is 4.26. The number of aliphatic hydroxyl groups excluding tert-OH is 1. The Bertz CT molecular complexity index is 278. The van der Waals surface area contributed by atoms with Gasteiger partial charge in [-0.3, -0.25) is 9.59 Å². The van der Waals surface area contributed by atoms with Gasteiger partial charge in [0.1, 0.15) is 0 Å². The fourth-order valence-electron chi connectivity index (χ4n) is 1.59.